The van der Waals surface area contributed by atoms with Gasteiger partial charge >= 0.3 is 0 Å². The number of thioether (sulfide) groups is 1. The minimum Gasteiger partial charge on any atom is -0.497 e. The zero-order chi connectivity index (χ0) is 25.4. The van der Waals surface area contributed by atoms with Crippen molar-refractivity contribution in [1.29, 1.82) is 0 Å². The van der Waals surface area contributed by atoms with Crippen molar-refractivity contribution in [1.82, 2.24) is 4.90 Å². The third-order valence-electron chi connectivity index (χ3n) is 7.02. The number of hydrogen-bond donors (Lipinski definition) is 0. The fourth-order valence-electron chi connectivity index (χ4n) is 5.29. The second kappa shape index (κ2) is 10.2. The number of allylic oxidation sites excluding steroid dienone is 1. The van der Waals surface area contributed by atoms with E-state index in [0.717, 1.165) is 63.5 Å². The van der Waals surface area contributed by atoms with Crippen molar-refractivity contribution in [2.75, 3.05) is 14.2 Å². The number of benzene rings is 3. The van der Waals surface area contributed by atoms with Crippen molar-refractivity contribution < 1.29 is 9.47 Å². The number of fused-ring (bicyclic) bond motifs is 1. The Hall–Kier alpha value is -3.41. The van der Waals surface area contributed by atoms with E-state index in [1.807, 2.05) is 30.3 Å². The van der Waals surface area contributed by atoms with Gasteiger partial charge in [0.2, 0.25) is 0 Å². The summed E-state index contributed by atoms with van der Waals surface area (Å²) in [6, 6.07) is 24.7. The molecule has 0 radical (unpaired) electrons. The summed E-state index contributed by atoms with van der Waals surface area (Å²) in [5, 5.41) is 3.94. The lowest BCUT2D eigenvalue weighted by molar-refractivity contribution is 0.410. The molecule has 0 fully saturated rings. The smallest absolute Gasteiger partial charge is 0.174 e. The van der Waals surface area contributed by atoms with Crippen LogP contribution in [0.3, 0.4) is 0 Å². The molecule has 0 N–H and O–H groups in total. The molecule has 3 aromatic carbocycles. The topological polar surface area (TPSA) is 34.1 Å². The van der Waals surface area contributed by atoms with Gasteiger partial charge in [-0.25, -0.2) is 4.99 Å². The van der Waals surface area contributed by atoms with Crippen LogP contribution in [0.5, 0.6) is 11.5 Å². The van der Waals surface area contributed by atoms with E-state index in [0.29, 0.717) is 0 Å². The molecule has 37 heavy (non-hydrogen) atoms. The van der Waals surface area contributed by atoms with Gasteiger partial charge in [0.25, 0.3) is 0 Å². The molecule has 2 aliphatic heterocycles. The third kappa shape index (κ3) is 4.58. The van der Waals surface area contributed by atoms with Crippen molar-refractivity contribution in [3.05, 3.63) is 117 Å². The molecule has 1 atom stereocenters. The summed E-state index contributed by atoms with van der Waals surface area (Å²) in [4.78, 5) is 7.66. The Morgan fingerprint density at radius 1 is 0.946 bits per heavy atom. The number of rotatable bonds is 5. The molecule has 0 saturated carbocycles. The van der Waals surface area contributed by atoms with E-state index in [9.17, 15) is 0 Å². The van der Waals surface area contributed by atoms with E-state index >= 15 is 0 Å². The van der Waals surface area contributed by atoms with Crippen molar-refractivity contribution in [2.45, 2.75) is 25.3 Å². The summed E-state index contributed by atoms with van der Waals surface area (Å²) in [6.45, 7) is 0. The Morgan fingerprint density at radius 3 is 2.49 bits per heavy atom. The van der Waals surface area contributed by atoms with Gasteiger partial charge < -0.3 is 14.4 Å². The molecular formula is C31H27ClN2O2S. The number of aliphatic imine (C=N–C) groups is 1. The van der Waals surface area contributed by atoms with Gasteiger partial charge in [-0.15, -0.1) is 0 Å². The lowest BCUT2D eigenvalue weighted by Crippen LogP contribution is -2.34. The van der Waals surface area contributed by atoms with Crippen LogP contribution in [-0.4, -0.2) is 24.3 Å². The van der Waals surface area contributed by atoms with Crippen LogP contribution < -0.4 is 9.47 Å². The first-order valence-corrected chi connectivity index (χ1v) is 13.6. The van der Waals surface area contributed by atoms with Crippen molar-refractivity contribution in [3.8, 4) is 11.5 Å². The summed E-state index contributed by atoms with van der Waals surface area (Å²) in [5.74, 6) is 1.72. The SMILES string of the molecule is COc1cccc(/C=C2\CCCC3=C2N=C2SC=C(c4ccc(Cl)cc4)N2[C@@H]3c2cccc(OC)c2)c1. The minimum atomic E-state index is 0.0311. The Balaban J connectivity index is 1.49. The fraction of sp³-hybridized carbons (Fsp3) is 0.194. The maximum absolute atomic E-state index is 6.21. The van der Waals surface area contributed by atoms with Crippen LogP contribution in [0, 0.1) is 0 Å². The number of hydrogen-bond acceptors (Lipinski definition) is 5. The molecule has 1 aliphatic carbocycles. The molecule has 6 heteroatoms. The largest absolute Gasteiger partial charge is 0.497 e. The first kappa shape index (κ1) is 24.0. The molecule has 3 aromatic rings. The van der Waals surface area contributed by atoms with Gasteiger partial charge in [-0.05, 0) is 89.6 Å². The first-order chi connectivity index (χ1) is 18.1. The van der Waals surface area contributed by atoms with Crippen LogP contribution in [-0.2, 0) is 0 Å². The molecule has 186 valence electrons. The maximum Gasteiger partial charge on any atom is 0.174 e. The highest BCUT2D eigenvalue weighted by Gasteiger charge is 2.40. The number of amidine groups is 1. The lowest BCUT2D eigenvalue weighted by atomic mass is 9.82. The standard InChI is InChI=1S/C31H27ClN2O2S/c1-35-25-9-3-6-20(17-25)16-22-7-5-11-27-29(22)33-31-34(30(27)23-8-4-10-26(18-23)36-2)28(19-37-31)21-12-14-24(32)15-13-21/h3-4,6,8-10,12-19,30H,5,7,11H2,1-2H3/b22-16+/t30-/m1/s1. The van der Waals surface area contributed by atoms with Crippen molar-refractivity contribution in [3.63, 3.8) is 0 Å². The molecule has 0 saturated heterocycles. The second-order valence-corrected chi connectivity index (χ2v) is 10.5. The average molecular weight is 527 g/mol. The lowest BCUT2D eigenvalue weighted by Gasteiger charge is -2.40. The predicted octanol–water partition coefficient (Wildman–Crippen LogP) is 8.34. The fourth-order valence-corrected chi connectivity index (χ4v) is 6.35. The molecule has 3 aliphatic rings. The molecule has 0 spiro atoms. The molecule has 4 nitrogen and oxygen atoms in total. The van der Waals surface area contributed by atoms with E-state index in [-0.39, 0.29) is 6.04 Å². The van der Waals surface area contributed by atoms with Crippen LogP contribution in [0.4, 0.5) is 0 Å². The second-order valence-electron chi connectivity index (χ2n) is 9.24. The zero-order valence-electron chi connectivity index (χ0n) is 20.8. The Labute approximate surface area is 227 Å². The normalized spacial score (nSPS) is 19.8. The number of ether oxygens (including phenoxy) is 2. The van der Waals surface area contributed by atoms with Crippen LogP contribution >= 0.6 is 23.4 Å². The summed E-state index contributed by atoms with van der Waals surface area (Å²) in [6.07, 6.45) is 5.35. The van der Waals surface area contributed by atoms with Gasteiger partial charge in [-0.1, -0.05) is 59.8 Å². The van der Waals surface area contributed by atoms with E-state index in [1.54, 1.807) is 26.0 Å². The Morgan fingerprint density at radius 2 is 1.70 bits per heavy atom. The summed E-state index contributed by atoms with van der Waals surface area (Å²) in [5.41, 5.74) is 8.33. The highest BCUT2D eigenvalue weighted by atomic mass is 35.5. The first-order valence-electron chi connectivity index (χ1n) is 12.4. The molecule has 6 rings (SSSR count). The van der Waals surface area contributed by atoms with Gasteiger partial charge in [0.05, 0.1) is 31.7 Å². The molecule has 0 bridgehead atoms. The van der Waals surface area contributed by atoms with Crippen LogP contribution in [0.2, 0.25) is 5.02 Å². The Kier molecular flexibility index (Phi) is 6.58. The Bertz CT molecular complexity index is 1470. The monoisotopic (exact) mass is 526 g/mol. The highest BCUT2D eigenvalue weighted by molar-refractivity contribution is 8.16. The highest BCUT2D eigenvalue weighted by Crippen LogP contribution is 2.51. The van der Waals surface area contributed by atoms with Gasteiger partial charge in [-0.2, -0.15) is 0 Å². The van der Waals surface area contributed by atoms with Crippen molar-refractivity contribution >= 4 is 40.3 Å². The van der Waals surface area contributed by atoms with Crippen LogP contribution in [0.15, 0.2) is 100 Å². The number of methoxy groups -OCH3 is 2. The molecular weight excluding hydrogens is 500 g/mol. The van der Waals surface area contributed by atoms with Gasteiger partial charge in [0.15, 0.2) is 5.17 Å². The molecule has 0 unspecified atom stereocenters. The van der Waals surface area contributed by atoms with E-state index in [4.69, 9.17) is 26.1 Å². The van der Waals surface area contributed by atoms with Crippen LogP contribution in [0.25, 0.3) is 11.8 Å². The van der Waals surface area contributed by atoms with Gasteiger partial charge in [-0.3, -0.25) is 0 Å². The van der Waals surface area contributed by atoms with Crippen molar-refractivity contribution in [2.24, 2.45) is 4.99 Å². The van der Waals surface area contributed by atoms with E-state index in [2.05, 4.69) is 58.8 Å². The summed E-state index contributed by atoms with van der Waals surface area (Å²) >= 11 is 7.89. The van der Waals surface area contributed by atoms with Crippen LogP contribution in [0.1, 0.15) is 42.0 Å². The summed E-state index contributed by atoms with van der Waals surface area (Å²) in [7, 11) is 3.43. The van der Waals surface area contributed by atoms with Gasteiger partial charge in [0.1, 0.15) is 11.5 Å². The van der Waals surface area contributed by atoms with Gasteiger partial charge in [0, 0.05) is 10.4 Å². The minimum absolute atomic E-state index is 0.0311. The maximum atomic E-state index is 6.21. The average Bonchev–Trinajstić information content (AvgIpc) is 3.36. The molecule has 0 amide bonds. The zero-order valence-corrected chi connectivity index (χ0v) is 22.4. The quantitative estimate of drug-likeness (QED) is 0.334. The number of nitrogens with zero attached hydrogens (tertiary/aromatic N) is 2. The molecule has 0 aromatic heterocycles. The van der Waals surface area contributed by atoms with E-state index in [1.165, 1.54) is 16.7 Å². The number of halogens is 1. The third-order valence-corrected chi connectivity index (χ3v) is 8.11. The molecule has 2 heterocycles. The van der Waals surface area contributed by atoms with E-state index < -0.39 is 0 Å². The summed E-state index contributed by atoms with van der Waals surface area (Å²) < 4.78 is 11.1. The predicted molar refractivity (Wildman–Crippen MR) is 154 cm³/mol.